The lowest BCUT2D eigenvalue weighted by Gasteiger charge is -2.22. The summed E-state index contributed by atoms with van der Waals surface area (Å²) in [7, 11) is -3.25. The Hall–Kier alpha value is -1.87. The molecule has 0 unspecified atom stereocenters. The third-order valence-electron chi connectivity index (χ3n) is 3.56. The molecular formula is C15H21N3O4S2. The average Bonchev–Trinajstić information content (AvgIpc) is 2.75. The minimum Gasteiger partial charge on any atom is -0.450 e. The van der Waals surface area contributed by atoms with Crippen molar-refractivity contribution in [3.8, 4) is 0 Å². The molecule has 0 aromatic heterocycles. The molecule has 1 aliphatic rings. The highest BCUT2D eigenvalue weighted by Gasteiger charge is 2.39. The molecule has 0 spiro atoms. The summed E-state index contributed by atoms with van der Waals surface area (Å²) in [5.74, 6) is -0.240. The first-order valence-electron chi connectivity index (χ1n) is 7.57. The van der Waals surface area contributed by atoms with Gasteiger partial charge in [0.2, 0.25) is 0 Å². The Labute approximate surface area is 147 Å². The number of nitrogens with one attached hydrogen (secondary N) is 3. The number of carbonyl (C=O) groups is 1. The molecule has 1 fully saturated rings. The van der Waals surface area contributed by atoms with Gasteiger partial charge in [0, 0.05) is 5.69 Å². The van der Waals surface area contributed by atoms with Gasteiger partial charge in [-0.1, -0.05) is 17.7 Å². The summed E-state index contributed by atoms with van der Waals surface area (Å²) in [6.45, 7) is 3.88. The van der Waals surface area contributed by atoms with Crippen LogP contribution in [0.1, 0.15) is 12.5 Å². The van der Waals surface area contributed by atoms with E-state index in [-0.39, 0.29) is 18.1 Å². The van der Waals surface area contributed by atoms with Crippen LogP contribution in [0.2, 0.25) is 0 Å². The molecular weight excluding hydrogens is 350 g/mol. The Balaban J connectivity index is 1.98. The molecule has 0 saturated carbocycles. The lowest BCUT2D eigenvalue weighted by molar-refractivity contribution is 0.148. The molecule has 1 amide bonds. The van der Waals surface area contributed by atoms with Crippen LogP contribution in [-0.2, 0) is 14.6 Å². The first kappa shape index (κ1) is 18.5. The van der Waals surface area contributed by atoms with Gasteiger partial charge < -0.3 is 20.7 Å². The first-order valence-corrected chi connectivity index (χ1v) is 9.80. The molecule has 3 N–H and O–H groups in total. The number of ether oxygens (including phenoxy) is 1. The summed E-state index contributed by atoms with van der Waals surface area (Å²) in [5, 5.41) is 8.84. The SMILES string of the molecule is CCOC(=O)N[C@H]1CS(=O)(=O)C[C@H]1NC(=S)Nc1ccc(C)cc1. The number of carbonyl (C=O) groups excluding carboxylic acids is 1. The summed E-state index contributed by atoms with van der Waals surface area (Å²) < 4.78 is 28.6. The molecule has 1 saturated heterocycles. The molecule has 0 bridgehead atoms. The number of rotatable bonds is 4. The quantitative estimate of drug-likeness (QED) is 0.684. The van der Waals surface area contributed by atoms with E-state index < -0.39 is 28.0 Å². The van der Waals surface area contributed by atoms with Crippen molar-refractivity contribution in [2.45, 2.75) is 25.9 Å². The Morgan fingerprint density at radius 3 is 2.38 bits per heavy atom. The van der Waals surface area contributed by atoms with Crippen LogP contribution in [0, 0.1) is 6.92 Å². The van der Waals surface area contributed by atoms with Gasteiger partial charge in [-0.05, 0) is 38.2 Å². The maximum atomic E-state index is 11.9. The van der Waals surface area contributed by atoms with Gasteiger partial charge >= 0.3 is 6.09 Å². The fourth-order valence-electron chi connectivity index (χ4n) is 2.43. The van der Waals surface area contributed by atoms with E-state index >= 15 is 0 Å². The Morgan fingerprint density at radius 2 is 1.79 bits per heavy atom. The van der Waals surface area contributed by atoms with E-state index in [1.54, 1.807) is 6.92 Å². The molecule has 1 aromatic carbocycles. The highest BCUT2D eigenvalue weighted by atomic mass is 32.2. The molecule has 2 atom stereocenters. The topological polar surface area (TPSA) is 96.5 Å². The summed E-state index contributed by atoms with van der Waals surface area (Å²) in [6, 6.07) is 6.54. The summed E-state index contributed by atoms with van der Waals surface area (Å²) in [6.07, 6.45) is -0.635. The fourth-order valence-corrected chi connectivity index (χ4v) is 4.56. The fraction of sp³-hybridized carbons (Fsp3) is 0.467. The van der Waals surface area contributed by atoms with Crippen molar-refractivity contribution in [2.24, 2.45) is 0 Å². The van der Waals surface area contributed by atoms with Crippen LogP contribution in [0.5, 0.6) is 0 Å². The number of hydrogen-bond acceptors (Lipinski definition) is 5. The maximum absolute atomic E-state index is 11.9. The Bertz CT molecular complexity index is 704. The number of alkyl carbamates (subject to hydrolysis) is 1. The largest absolute Gasteiger partial charge is 0.450 e. The summed E-state index contributed by atoms with van der Waals surface area (Å²) >= 11 is 5.24. The zero-order valence-corrected chi connectivity index (χ0v) is 15.2. The standard InChI is InChI=1S/C15H21N3O4S2/c1-3-22-15(19)18-13-9-24(20,21)8-12(13)17-14(23)16-11-6-4-10(2)5-7-11/h4-7,12-13H,3,8-9H2,1-2H3,(H,18,19)(H2,16,17,23)/t12-,13+/m1/s1. The number of thiocarbonyl (C=S) groups is 1. The molecule has 24 heavy (non-hydrogen) atoms. The zero-order valence-electron chi connectivity index (χ0n) is 13.5. The molecule has 7 nitrogen and oxygen atoms in total. The van der Waals surface area contributed by atoms with E-state index in [0.29, 0.717) is 5.11 Å². The molecule has 1 aromatic rings. The van der Waals surface area contributed by atoms with Crippen LogP contribution in [0.15, 0.2) is 24.3 Å². The van der Waals surface area contributed by atoms with Gasteiger partial charge in [-0.3, -0.25) is 0 Å². The van der Waals surface area contributed by atoms with Gasteiger partial charge in [0.1, 0.15) is 0 Å². The van der Waals surface area contributed by atoms with Crippen molar-refractivity contribution in [3.63, 3.8) is 0 Å². The maximum Gasteiger partial charge on any atom is 0.407 e. The number of hydrogen-bond donors (Lipinski definition) is 3. The number of anilines is 1. The predicted molar refractivity (Wildman–Crippen MR) is 96.9 cm³/mol. The van der Waals surface area contributed by atoms with E-state index in [1.165, 1.54) is 0 Å². The van der Waals surface area contributed by atoms with Gasteiger partial charge in [0.15, 0.2) is 14.9 Å². The lowest BCUT2D eigenvalue weighted by atomic mass is 10.2. The van der Waals surface area contributed by atoms with Crippen molar-refractivity contribution in [3.05, 3.63) is 29.8 Å². The molecule has 2 rings (SSSR count). The smallest absolute Gasteiger partial charge is 0.407 e. The third kappa shape index (κ3) is 5.34. The highest BCUT2D eigenvalue weighted by Crippen LogP contribution is 2.14. The molecule has 1 heterocycles. The second-order valence-corrected chi connectivity index (χ2v) is 8.18. The van der Waals surface area contributed by atoms with Crippen LogP contribution in [0.4, 0.5) is 10.5 Å². The minimum atomic E-state index is -3.25. The van der Waals surface area contributed by atoms with Crippen molar-refractivity contribution in [1.29, 1.82) is 0 Å². The number of amides is 1. The van der Waals surface area contributed by atoms with Crippen LogP contribution in [0.3, 0.4) is 0 Å². The summed E-state index contributed by atoms with van der Waals surface area (Å²) in [5.41, 5.74) is 1.92. The Morgan fingerprint density at radius 1 is 1.21 bits per heavy atom. The van der Waals surface area contributed by atoms with Crippen molar-refractivity contribution < 1.29 is 17.9 Å². The van der Waals surface area contributed by atoms with Gasteiger partial charge in [0.05, 0.1) is 30.2 Å². The first-order chi connectivity index (χ1) is 11.3. The molecule has 132 valence electrons. The second-order valence-electron chi connectivity index (χ2n) is 5.62. The van der Waals surface area contributed by atoms with Crippen molar-refractivity contribution >= 4 is 38.9 Å². The van der Waals surface area contributed by atoms with E-state index in [0.717, 1.165) is 11.3 Å². The van der Waals surface area contributed by atoms with Crippen LogP contribution in [-0.4, -0.2) is 49.8 Å². The van der Waals surface area contributed by atoms with Gasteiger partial charge in [-0.15, -0.1) is 0 Å². The third-order valence-corrected chi connectivity index (χ3v) is 5.51. The average molecular weight is 371 g/mol. The molecule has 0 radical (unpaired) electrons. The summed E-state index contributed by atoms with van der Waals surface area (Å²) in [4.78, 5) is 11.6. The van der Waals surface area contributed by atoms with Crippen LogP contribution in [0.25, 0.3) is 0 Å². The zero-order chi connectivity index (χ0) is 17.7. The van der Waals surface area contributed by atoms with Crippen molar-refractivity contribution in [2.75, 3.05) is 23.4 Å². The van der Waals surface area contributed by atoms with Crippen molar-refractivity contribution in [1.82, 2.24) is 10.6 Å². The minimum absolute atomic E-state index is 0.0974. The number of sulfone groups is 1. The molecule has 1 aliphatic heterocycles. The van der Waals surface area contributed by atoms with E-state index in [9.17, 15) is 13.2 Å². The second kappa shape index (κ2) is 7.80. The van der Waals surface area contributed by atoms with E-state index in [2.05, 4.69) is 16.0 Å². The highest BCUT2D eigenvalue weighted by molar-refractivity contribution is 7.91. The monoisotopic (exact) mass is 371 g/mol. The van der Waals surface area contributed by atoms with Gasteiger partial charge in [-0.2, -0.15) is 0 Å². The number of benzene rings is 1. The van der Waals surface area contributed by atoms with E-state index in [1.807, 2.05) is 31.2 Å². The normalized spacial score (nSPS) is 21.8. The van der Waals surface area contributed by atoms with E-state index in [4.69, 9.17) is 17.0 Å². The predicted octanol–water partition coefficient (Wildman–Crippen LogP) is 1.19. The van der Waals surface area contributed by atoms with Gasteiger partial charge in [-0.25, -0.2) is 13.2 Å². The van der Waals surface area contributed by atoms with Crippen LogP contribution >= 0.6 is 12.2 Å². The lowest BCUT2D eigenvalue weighted by Crippen LogP contribution is -2.51. The molecule has 9 heteroatoms. The number of aryl methyl sites for hydroxylation is 1. The van der Waals surface area contributed by atoms with Crippen LogP contribution < -0.4 is 16.0 Å². The molecule has 0 aliphatic carbocycles. The Kier molecular flexibility index (Phi) is 6.00. The van der Waals surface area contributed by atoms with Gasteiger partial charge in [0.25, 0.3) is 0 Å².